The molecule has 166 valence electrons. The molecule has 0 N–H and O–H groups in total. The van der Waals surface area contributed by atoms with E-state index in [1.807, 2.05) is 20.8 Å². The van der Waals surface area contributed by atoms with Crippen molar-refractivity contribution in [3.8, 4) is 12.1 Å². The van der Waals surface area contributed by atoms with Crippen molar-refractivity contribution in [2.24, 2.45) is 0 Å². The summed E-state index contributed by atoms with van der Waals surface area (Å²) in [6.45, 7) is 6.87. The molecule has 2 fully saturated rings. The van der Waals surface area contributed by atoms with Crippen LogP contribution in [0.4, 0.5) is 16.0 Å². The van der Waals surface area contributed by atoms with E-state index in [0.717, 1.165) is 0 Å². The summed E-state index contributed by atoms with van der Waals surface area (Å²) in [5.74, 6) is 0.600. The lowest BCUT2D eigenvalue weighted by molar-refractivity contribution is -0.132. The van der Waals surface area contributed by atoms with Crippen molar-refractivity contribution in [3.63, 3.8) is 0 Å². The Morgan fingerprint density at radius 2 is 1.75 bits per heavy atom. The van der Waals surface area contributed by atoms with Gasteiger partial charge in [0.25, 0.3) is 0 Å². The Balaban J connectivity index is 1.26. The topological polar surface area (TPSA) is 104 Å². The molecule has 0 radical (unpaired) electrons. The molecule has 0 bridgehead atoms. The van der Waals surface area contributed by atoms with Gasteiger partial charge in [-0.15, -0.1) is 0 Å². The fraction of sp³-hybridized carbons (Fsp3) is 0.455. The Kier molecular flexibility index (Phi) is 6.24. The fourth-order valence-corrected chi connectivity index (χ4v) is 4.13. The van der Waals surface area contributed by atoms with Crippen LogP contribution >= 0.6 is 0 Å². The summed E-state index contributed by atoms with van der Waals surface area (Å²) in [5.41, 5.74) is 1.07. The maximum absolute atomic E-state index is 14.3. The van der Waals surface area contributed by atoms with E-state index in [9.17, 15) is 14.4 Å². The van der Waals surface area contributed by atoms with E-state index in [4.69, 9.17) is 9.68 Å². The minimum Gasteiger partial charge on any atom is -0.424 e. The highest BCUT2D eigenvalue weighted by Crippen LogP contribution is 2.23. The van der Waals surface area contributed by atoms with Crippen molar-refractivity contribution >= 4 is 17.5 Å². The van der Waals surface area contributed by atoms with Crippen molar-refractivity contribution in [2.45, 2.75) is 6.92 Å². The molecule has 1 aromatic heterocycles. The first-order valence-electron chi connectivity index (χ1n) is 10.6. The van der Waals surface area contributed by atoms with Crippen LogP contribution < -0.4 is 9.80 Å². The molecule has 2 aliphatic heterocycles. The SMILES string of the molecule is Cc1nc(C#N)c(N2CCN(C(=O)CN3CCN(c4ccc(C#N)cc4F)CC3)CC2)o1. The molecule has 4 rings (SSSR count). The molecule has 1 amide bonds. The lowest BCUT2D eigenvalue weighted by Gasteiger charge is -2.38. The molecule has 0 spiro atoms. The number of carbonyl (C=O) groups excluding carboxylic acids is 1. The Morgan fingerprint density at radius 1 is 1.06 bits per heavy atom. The first-order chi connectivity index (χ1) is 15.5. The fourth-order valence-electron chi connectivity index (χ4n) is 4.13. The van der Waals surface area contributed by atoms with Crippen molar-refractivity contribution in [1.29, 1.82) is 10.5 Å². The van der Waals surface area contributed by atoms with E-state index in [0.29, 0.717) is 81.9 Å². The highest BCUT2D eigenvalue weighted by molar-refractivity contribution is 5.78. The summed E-state index contributed by atoms with van der Waals surface area (Å²) in [7, 11) is 0. The minimum atomic E-state index is -0.395. The van der Waals surface area contributed by atoms with Gasteiger partial charge in [0, 0.05) is 59.3 Å². The van der Waals surface area contributed by atoms with Gasteiger partial charge in [0.05, 0.1) is 23.9 Å². The molecule has 3 heterocycles. The molecule has 0 saturated carbocycles. The van der Waals surface area contributed by atoms with Gasteiger partial charge >= 0.3 is 0 Å². The van der Waals surface area contributed by atoms with E-state index < -0.39 is 5.82 Å². The smallest absolute Gasteiger partial charge is 0.236 e. The number of halogens is 1. The van der Waals surface area contributed by atoms with E-state index in [2.05, 4.69) is 16.0 Å². The number of amides is 1. The molecular weight excluding hydrogens is 413 g/mol. The van der Waals surface area contributed by atoms with E-state index in [1.54, 1.807) is 19.1 Å². The zero-order valence-corrected chi connectivity index (χ0v) is 17.9. The van der Waals surface area contributed by atoms with Crippen LogP contribution in [0, 0.1) is 35.4 Å². The zero-order chi connectivity index (χ0) is 22.7. The summed E-state index contributed by atoms with van der Waals surface area (Å²) < 4.78 is 19.8. The van der Waals surface area contributed by atoms with Gasteiger partial charge in [-0.2, -0.15) is 10.5 Å². The van der Waals surface area contributed by atoms with Crippen LogP contribution in [0.15, 0.2) is 22.6 Å². The molecular formula is C22H24FN7O2. The third kappa shape index (κ3) is 4.51. The first-order valence-corrected chi connectivity index (χ1v) is 10.6. The largest absolute Gasteiger partial charge is 0.424 e. The van der Waals surface area contributed by atoms with Crippen LogP contribution in [0.1, 0.15) is 17.1 Å². The lowest BCUT2D eigenvalue weighted by atomic mass is 10.2. The van der Waals surface area contributed by atoms with Gasteiger partial charge in [-0.25, -0.2) is 9.37 Å². The van der Waals surface area contributed by atoms with E-state index >= 15 is 0 Å². The van der Waals surface area contributed by atoms with Crippen molar-refractivity contribution < 1.29 is 13.6 Å². The maximum Gasteiger partial charge on any atom is 0.236 e. The highest BCUT2D eigenvalue weighted by atomic mass is 19.1. The summed E-state index contributed by atoms with van der Waals surface area (Å²) >= 11 is 0. The quantitative estimate of drug-likeness (QED) is 0.706. The van der Waals surface area contributed by atoms with Gasteiger partial charge < -0.3 is 19.1 Å². The number of nitrogens with zero attached hydrogens (tertiary/aromatic N) is 7. The molecule has 2 aliphatic rings. The normalized spacial score (nSPS) is 17.2. The third-order valence-electron chi connectivity index (χ3n) is 5.89. The number of nitriles is 2. The van der Waals surface area contributed by atoms with Crippen molar-refractivity contribution in [1.82, 2.24) is 14.8 Å². The van der Waals surface area contributed by atoms with Gasteiger partial charge in [0.1, 0.15) is 11.9 Å². The van der Waals surface area contributed by atoms with Gasteiger partial charge in [0.2, 0.25) is 17.5 Å². The van der Waals surface area contributed by atoms with Crippen molar-refractivity contribution in [2.75, 3.05) is 68.7 Å². The molecule has 0 unspecified atom stereocenters. The molecule has 0 aliphatic carbocycles. The van der Waals surface area contributed by atoms with Crippen LogP contribution in [0.2, 0.25) is 0 Å². The number of hydrogen-bond acceptors (Lipinski definition) is 8. The number of aromatic nitrogens is 1. The summed E-state index contributed by atoms with van der Waals surface area (Å²) in [5, 5.41) is 18.1. The van der Waals surface area contributed by atoms with Gasteiger partial charge in [-0.05, 0) is 18.2 Å². The number of carbonyl (C=O) groups is 1. The van der Waals surface area contributed by atoms with Crippen LogP contribution in [0.25, 0.3) is 0 Å². The Hall–Kier alpha value is -3.63. The second-order valence-corrected chi connectivity index (χ2v) is 7.91. The first kappa shape index (κ1) is 21.6. The Labute approximate surface area is 185 Å². The number of benzene rings is 1. The average Bonchev–Trinajstić information content (AvgIpc) is 3.20. The Bertz CT molecular complexity index is 1070. The molecule has 9 nitrogen and oxygen atoms in total. The second kappa shape index (κ2) is 9.25. The molecule has 10 heteroatoms. The van der Waals surface area contributed by atoms with Crippen molar-refractivity contribution in [3.05, 3.63) is 41.2 Å². The number of hydrogen-bond donors (Lipinski definition) is 0. The van der Waals surface area contributed by atoms with E-state index in [1.165, 1.54) is 6.07 Å². The molecule has 2 saturated heterocycles. The van der Waals surface area contributed by atoms with Crippen LogP contribution in [-0.2, 0) is 4.79 Å². The maximum atomic E-state index is 14.3. The average molecular weight is 437 g/mol. The number of anilines is 2. The molecule has 2 aromatic rings. The van der Waals surface area contributed by atoms with Gasteiger partial charge in [-0.1, -0.05) is 0 Å². The van der Waals surface area contributed by atoms with E-state index in [-0.39, 0.29) is 11.6 Å². The summed E-state index contributed by atoms with van der Waals surface area (Å²) in [6, 6.07) is 8.51. The number of rotatable bonds is 4. The second-order valence-electron chi connectivity index (χ2n) is 7.91. The van der Waals surface area contributed by atoms with Gasteiger partial charge in [0.15, 0.2) is 5.89 Å². The predicted molar refractivity (Wildman–Crippen MR) is 115 cm³/mol. The predicted octanol–water partition coefficient (Wildman–Crippen LogP) is 1.34. The number of oxazole rings is 1. The monoisotopic (exact) mass is 437 g/mol. The third-order valence-corrected chi connectivity index (χ3v) is 5.89. The lowest BCUT2D eigenvalue weighted by Crippen LogP contribution is -2.54. The Morgan fingerprint density at radius 3 is 2.38 bits per heavy atom. The minimum absolute atomic E-state index is 0.0666. The number of piperazine rings is 2. The molecule has 1 aromatic carbocycles. The van der Waals surface area contributed by atoms with Gasteiger partial charge in [-0.3, -0.25) is 9.69 Å². The number of aryl methyl sites for hydroxylation is 1. The van der Waals surface area contributed by atoms with Crippen LogP contribution in [0.3, 0.4) is 0 Å². The zero-order valence-electron chi connectivity index (χ0n) is 17.9. The summed E-state index contributed by atoms with van der Waals surface area (Å²) in [6.07, 6.45) is 0. The molecule has 0 atom stereocenters. The van der Waals surface area contributed by atoms with Crippen LogP contribution in [-0.4, -0.2) is 79.6 Å². The summed E-state index contributed by atoms with van der Waals surface area (Å²) in [4.78, 5) is 24.7. The standard InChI is InChI=1S/C22H24FN7O2/c1-16-26-19(14-25)22(32-16)30-10-8-29(9-11-30)21(31)15-27-4-6-28(7-5-27)20-3-2-17(13-24)12-18(20)23/h2-3,12H,4-11,15H2,1H3. The highest BCUT2D eigenvalue weighted by Gasteiger charge is 2.28. The van der Waals surface area contributed by atoms with Crippen LogP contribution in [0.5, 0.6) is 0 Å². The molecule has 32 heavy (non-hydrogen) atoms.